The van der Waals surface area contributed by atoms with Crippen molar-refractivity contribution in [2.45, 2.75) is 12.2 Å². The first-order valence-corrected chi connectivity index (χ1v) is 4.44. The standard InChI is InChI=1S/C10H13NO4/c11-4-9(14)10(15)6-1-2-8(13)7(3-6)5-12/h1-3,5,9-10,13-15H,4,11H2. The quantitative estimate of drug-likeness (QED) is 0.505. The largest absolute Gasteiger partial charge is 0.507 e. The van der Waals surface area contributed by atoms with Crippen LogP contribution < -0.4 is 5.73 Å². The second-order valence-corrected chi connectivity index (χ2v) is 3.18. The molecule has 0 aliphatic heterocycles. The van der Waals surface area contributed by atoms with Crippen LogP contribution >= 0.6 is 0 Å². The lowest BCUT2D eigenvalue weighted by atomic mass is 10.0. The molecule has 0 aliphatic carbocycles. The molecule has 1 aromatic rings. The molecule has 82 valence electrons. The van der Waals surface area contributed by atoms with E-state index in [1.165, 1.54) is 18.2 Å². The van der Waals surface area contributed by atoms with E-state index < -0.39 is 12.2 Å². The number of carbonyl (C=O) groups excluding carboxylic acids is 1. The topological polar surface area (TPSA) is 104 Å². The van der Waals surface area contributed by atoms with E-state index in [1.54, 1.807) is 0 Å². The summed E-state index contributed by atoms with van der Waals surface area (Å²) >= 11 is 0. The van der Waals surface area contributed by atoms with Crippen LogP contribution in [0.3, 0.4) is 0 Å². The molecular formula is C10H13NO4. The Hall–Kier alpha value is -1.43. The summed E-state index contributed by atoms with van der Waals surface area (Å²) in [6.07, 6.45) is -1.77. The van der Waals surface area contributed by atoms with E-state index in [1.807, 2.05) is 0 Å². The zero-order chi connectivity index (χ0) is 11.4. The average Bonchev–Trinajstić information content (AvgIpc) is 2.27. The lowest BCUT2D eigenvalue weighted by molar-refractivity contribution is 0.0243. The van der Waals surface area contributed by atoms with Crippen molar-refractivity contribution in [3.63, 3.8) is 0 Å². The van der Waals surface area contributed by atoms with Gasteiger partial charge in [-0.05, 0) is 17.7 Å². The van der Waals surface area contributed by atoms with Gasteiger partial charge in [-0.3, -0.25) is 4.79 Å². The van der Waals surface area contributed by atoms with Crippen molar-refractivity contribution in [3.8, 4) is 5.75 Å². The number of aldehydes is 1. The van der Waals surface area contributed by atoms with Gasteiger partial charge in [-0.25, -0.2) is 0 Å². The molecule has 0 saturated heterocycles. The van der Waals surface area contributed by atoms with Crippen LogP contribution in [0.1, 0.15) is 22.0 Å². The Bertz CT molecular complexity index is 353. The van der Waals surface area contributed by atoms with Gasteiger partial charge in [0.25, 0.3) is 0 Å². The number of hydrogen-bond donors (Lipinski definition) is 4. The Balaban J connectivity index is 3.00. The zero-order valence-corrected chi connectivity index (χ0v) is 8.00. The smallest absolute Gasteiger partial charge is 0.153 e. The molecule has 5 heteroatoms. The Kier molecular flexibility index (Phi) is 3.79. The molecule has 0 spiro atoms. The Morgan fingerprint density at radius 1 is 1.40 bits per heavy atom. The van der Waals surface area contributed by atoms with Crippen LogP contribution in [0.25, 0.3) is 0 Å². The second-order valence-electron chi connectivity index (χ2n) is 3.18. The summed E-state index contributed by atoms with van der Waals surface area (Å²) in [5.41, 5.74) is 5.59. The summed E-state index contributed by atoms with van der Waals surface area (Å²) in [6, 6.07) is 4.02. The Labute approximate surface area is 86.8 Å². The van der Waals surface area contributed by atoms with Crippen LogP contribution in [-0.4, -0.2) is 34.3 Å². The number of aromatic hydroxyl groups is 1. The van der Waals surface area contributed by atoms with Crippen LogP contribution in [0.5, 0.6) is 5.75 Å². The van der Waals surface area contributed by atoms with E-state index in [0.717, 1.165) is 0 Å². The number of phenolic OH excluding ortho intramolecular Hbond substituents is 1. The summed E-state index contributed by atoms with van der Waals surface area (Å²) in [5, 5.41) is 28.1. The van der Waals surface area contributed by atoms with Gasteiger partial charge in [0.05, 0.1) is 11.7 Å². The molecule has 1 rings (SSSR count). The first kappa shape index (κ1) is 11.6. The number of rotatable bonds is 4. The second kappa shape index (κ2) is 4.88. The fraction of sp³-hybridized carbons (Fsp3) is 0.300. The molecule has 5 nitrogen and oxygen atoms in total. The first-order valence-electron chi connectivity index (χ1n) is 4.44. The van der Waals surface area contributed by atoms with Crippen LogP contribution in [0.15, 0.2) is 18.2 Å². The molecule has 2 atom stereocenters. The predicted octanol–water partition coefficient (Wildman–Crippen LogP) is -0.442. The highest BCUT2D eigenvalue weighted by Crippen LogP contribution is 2.22. The van der Waals surface area contributed by atoms with Gasteiger partial charge in [0.2, 0.25) is 0 Å². The molecule has 1 aromatic carbocycles. The molecule has 0 heterocycles. The lowest BCUT2D eigenvalue weighted by Gasteiger charge is -2.16. The fourth-order valence-electron chi connectivity index (χ4n) is 1.20. The highest BCUT2D eigenvalue weighted by molar-refractivity contribution is 5.79. The molecule has 0 fully saturated rings. The zero-order valence-electron chi connectivity index (χ0n) is 8.00. The summed E-state index contributed by atoms with van der Waals surface area (Å²) in [6.45, 7) is -0.0849. The minimum absolute atomic E-state index is 0.0655. The maximum atomic E-state index is 10.5. The number of aliphatic hydroxyl groups excluding tert-OH is 2. The van der Waals surface area contributed by atoms with Gasteiger partial charge in [-0.15, -0.1) is 0 Å². The third-order valence-corrected chi connectivity index (χ3v) is 2.13. The molecule has 2 unspecified atom stereocenters. The number of nitrogens with two attached hydrogens (primary N) is 1. The maximum absolute atomic E-state index is 10.5. The van der Waals surface area contributed by atoms with Crippen LogP contribution in [0.2, 0.25) is 0 Å². The number of hydrogen-bond acceptors (Lipinski definition) is 5. The summed E-state index contributed by atoms with van der Waals surface area (Å²) in [7, 11) is 0. The highest BCUT2D eigenvalue weighted by atomic mass is 16.3. The van der Waals surface area contributed by atoms with Gasteiger partial charge in [-0.1, -0.05) is 6.07 Å². The number of carbonyl (C=O) groups is 1. The molecule has 0 bridgehead atoms. The van der Waals surface area contributed by atoms with Gasteiger partial charge in [0.1, 0.15) is 11.9 Å². The van der Waals surface area contributed by atoms with E-state index >= 15 is 0 Å². The van der Waals surface area contributed by atoms with E-state index in [9.17, 15) is 20.1 Å². The summed E-state index contributed by atoms with van der Waals surface area (Å²) < 4.78 is 0. The van der Waals surface area contributed by atoms with Crippen LogP contribution in [-0.2, 0) is 0 Å². The predicted molar refractivity (Wildman–Crippen MR) is 53.5 cm³/mol. The molecule has 0 amide bonds. The van der Waals surface area contributed by atoms with Crippen LogP contribution in [0.4, 0.5) is 0 Å². The summed E-state index contributed by atoms with van der Waals surface area (Å²) in [4.78, 5) is 10.5. The molecule has 15 heavy (non-hydrogen) atoms. The normalized spacial score (nSPS) is 14.6. The van der Waals surface area contributed by atoms with Crippen molar-refractivity contribution in [3.05, 3.63) is 29.3 Å². The van der Waals surface area contributed by atoms with Crippen molar-refractivity contribution in [1.82, 2.24) is 0 Å². The minimum Gasteiger partial charge on any atom is -0.507 e. The molecule has 0 aromatic heterocycles. The fourth-order valence-corrected chi connectivity index (χ4v) is 1.20. The Morgan fingerprint density at radius 2 is 2.07 bits per heavy atom. The van der Waals surface area contributed by atoms with Gasteiger partial charge in [0, 0.05) is 6.54 Å². The lowest BCUT2D eigenvalue weighted by Crippen LogP contribution is -2.27. The average molecular weight is 211 g/mol. The minimum atomic E-state index is -1.16. The van der Waals surface area contributed by atoms with E-state index in [4.69, 9.17) is 5.73 Å². The molecule has 0 aliphatic rings. The molecule has 0 saturated carbocycles. The van der Waals surface area contributed by atoms with Crippen molar-refractivity contribution < 1.29 is 20.1 Å². The van der Waals surface area contributed by atoms with E-state index in [2.05, 4.69) is 0 Å². The Morgan fingerprint density at radius 3 is 2.60 bits per heavy atom. The summed E-state index contributed by atoms with van der Waals surface area (Å²) in [5.74, 6) is -0.164. The first-order chi connectivity index (χ1) is 7.10. The monoisotopic (exact) mass is 211 g/mol. The van der Waals surface area contributed by atoms with Gasteiger partial charge < -0.3 is 21.1 Å². The van der Waals surface area contributed by atoms with Crippen molar-refractivity contribution in [2.75, 3.05) is 6.54 Å². The third-order valence-electron chi connectivity index (χ3n) is 2.13. The highest BCUT2D eigenvalue weighted by Gasteiger charge is 2.17. The van der Waals surface area contributed by atoms with Crippen molar-refractivity contribution >= 4 is 6.29 Å². The third kappa shape index (κ3) is 2.53. The number of benzene rings is 1. The van der Waals surface area contributed by atoms with Gasteiger partial charge in [-0.2, -0.15) is 0 Å². The van der Waals surface area contributed by atoms with E-state index in [0.29, 0.717) is 11.8 Å². The van der Waals surface area contributed by atoms with Gasteiger partial charge >= 0.3 is 0 Å². The van der Waals surface area contributed by atoms with E-state index in [-0.39, 0.29) is 17.9 Å². The molecule has 0 radical (unpaired) electrons. The molecular weight excluding hydrogens is 198 g/mol. The number of aliphatic hydroxyl groups is 2. The van der Waals surface area contributed by atoms with Crippen LogP contribution in [0, 0.1) is 0 Å². The van der Waals surface area contributed by atoms with Crippen molar-refractivity contribution in [2.24, 2.45) is 5.73 Å². The van der Waals surface area contributed by atoms with Crippen molar-refractivity contribution in [1.29, 1.82) is 0 Å². The van der Waals surface area contributed by atoms with Gasteiger partial charge in [0.15, 0.2) is 6.29 Å². The maximum Gasteiger partial charge on any atom is 0.153 e. The number of phenols is 1. The molecule has 5 N–H and O–H groups in total. The SMILES string of the molecule is NCC(O)C(O)c1ccc(O)c(C=O)c1.